The number of nitrogens with one attached hydrogen (secondary N) is 2. The maximum Gasteiger partial charge on any atom is 0.250 e. The summed E-state index contributed by atoms with van der Waals surface area (Å²) >= 11 is 10.9. The Morgan fingerprint density at radius 2 is 1.79 bits per heavy atom. The number of thiocarbonyl (C=S) groups is 1. The van der Waals surface area contributed by atoms with Crippen LogP contribution in [0.1, 0.15) is 16.7 Å². The number of aromatic hydroxyl groups is 1. The van der Waals surface area contributed by atoms with Crippen LogP contribution < -0.4 is 10.6 Å². The van der Waals surface area contributed by atoms with E-state index >= 15 is 0 Å². The number of carbonyl (C=O) groups is 1. The third-order valence-electron chi connectivity index (χ3n) is 3.39. The van der Waals surface area contributed by atoms with E-state index in [0.717, 1.165) is 16.7 Å². The summed E-state index contributed by atoms with van der Waals surface area (Å²) < 4.78 is 0. The molecule has 0 aromatic heterocycles. The zero-order valence-corrected chi connectivity index (χ0v) is 14.8. The molecule has 2 aromatic rings. The molecule has 2 aromatic carbocycles. The zero-order chi connectivity index (χ0) is 17.7. The molecule has 1 amide bonds. The van der Waals surface area contributed by atoms with E-state index < -0.39 is 0 Å². The standard InChI is InChI=1S/C18H17ClN2O2S/c1-11-9-15(16(22)10-12(11)2)20-18(24)21-17(23)8-5-13-3-6-14(19)7-4-13/h3-10,22H,1-2H3,(H2,20,21,23,24). The van der Waals surface area contributed by atoms with E-state index in [1.807, 2.05) is 13.8 Å². The van der Waals surface area contributed by atoms with Gasteiger partial charge in [-0.15, -0.1) is 0 Å². The van der Waals surface area contributed by atoms with Crippen molar-refractivity contribution < 1.29 is 9.90 Å². The Morgan fingerprint density at radius 1 is 1.17 bits per heavy atom. The number of carbonyl (C=O) groups excluding carboxylic acids is 1. The first kappa shape index (κ1) is 18.0. The summed E-state index contributed by atoms with van der Waals surface area (Å²) in [5, 5.41) is 16.0. The highest BCUT2D eigenvalue weighted by atomic mass is 35.5. The van der Waals surface area contributed by atoms with Crippen molar-refractivity contribution in [2.24, 2.45) is 0 Å². The predicted molar refractivity (Wildman–Crippen MR) is 102 cm³/mol. The molecule has 0 heterocycles. The second-order valence-electron chi connectivity index (χ2n) is 5.28. The van der Waals surface area contributed by atoms with Crippen LogP contribution in [0.4, 0.5) is 5.69 Å². The van der Waals surface area contributed by atoms with Crippen LogP contribution in [0.15, 0.2) is 42.5 Å². The van der Waals surface area contributed by atoms with E-state index in [-0.39, 0.29) is 16.8 Å². The Kier molecular flexibility index (Phi) is 5.95. The van der Waals surface area contributed by atoms with Gasteiger partial charge >= 0.3 is 0 Å². The average Bonchev–Trinajstić information content (AvgIpc) is 2.52. The van der Waals surface area contributed by atoms with Crippen molar-refractivity contribution in [2.75, 3.05) is 5.32 Å². The van der Waals surface area contributed by atoms with Gasteiger partial charge in [0.2, 0.25) is 5.91 Å². The molecule has 0 spiro atoms. The molecule has 0 aliphatic rings. The zero-order valence-electron chi connectivity index (χ0n) is 13.3. The number of hydrogen-bond acceptors (Lipinski definition) is 3. The van der Waals surface area contributed by atoms with Crippen LogP contribution >= 0.6 is 23.8 Å². The molecule has 6 heteroatoms. The lowest BCUT2D eigenvalue weighted by atomic mass is 10.1. The summed E-state index contributed by atoms with van der Waals surface area (Å²) in [4.78, 5) is 11.9. The molecule has 24 heavy (non-hydrogen) atoms. The van der Waals surface area contributed by atoms with E-state index in [2.05, 4.69) is 10.6 Å². The summed E-state index contributed by atoms with van der Waals surface area (Å²) in [6, 6.07) is 10.5. The number of phenols is 1. The summed E-state index contributed by atoms with van der Waals surface area (Å²) in [5.41, 5.74) is 3.27. The van der Waals surface area contributed by atoms with Gasteiger partial charge in [0, 0.05) is 11.1 Å². The van der Waals surface area contributed by atoms with Gasteiger partial charge in [0.05, 0.1) is 5.69 Å². The number of phenolic OH excluding ortho intramolecular Hbond substituents is 1. The van der Waals surface area contributed by atoms with Crippen LogP contribution in [0, 0.1) is 13.8 Å². The number of halogens is 1. The minimum absolute atomic E-state index is 0.0754. The van der Waals surface area contributed by atoms with Crippen LogP contribution in [0.3, 0.4) is 0 Å². The van der Waals surface area contributed by atoms with E-state index in [4.69, 9.17) is 23.8 Å². The van der Waals surface area contributed by atoms with Crippen molar-refractivity contribution in [3.63, 3.8) is 0 Å². The molecular weight excluding hydrogens is 344 g/mol. The number of hydrogen-bond donors (Lipinski definition) is 3. The quantitative estimate of drug-likeness (QED) is 0.436. The van der Waals surface area contributed by atoms with Crippen LogP contribution in [-0.2, 0) is 4.79 Å². The maximum absolute atomic E-state index is 11.9. The third-order valence-corrected chi connectivity index (χ3v) is 3.85. The highest BCUT2D eigenvalue weighted by Crippen LogP contribution is 2.26. The van der Waals surface area contributed by atoms with Gasteiger partial charge in [-0.2, -0.15) is 0 Å². The number of anilines is 1. The van der Waals surface area contributed by atoms with Crippen molar-refractivity contribution in [3.8, 4) is 5.75 Å². The van der Waals surface area contributed by atoms with Crippen LogP contribution in [0.25, 0.3) is 6.08 Å². The fourth-order valence-electron chi connectivity index (χ4n) is 1.95. The monoisotopic (exact) mass is 360 g/mol. The molecule has 0 saturated heterocycles. The molecular formula is C18H17ClN2O2S. The molecule has 0 saturated carbocycles. The molecule has 0 atom stereocenters. The molecule has 4 nitrogen and oxygen atoms in total. The van der Waals surface area contributed by atoms with Gasteiger partial charge < -0.3 is 10.4 Å². The van der Waals surface area contributed by atoms with Crippen LogP contribution in [0.5, 0.6) is 5.75 Å². The Morgan fingerprint density at radius 3 is 2.46 bits per heavy atom. The van der Waals surface area contributed by atoms with E-state index in [0.29, 0.717) is 10.7 Å². The lowest BCUT2D eigenvalue weighted by Crippen LogP contribution is -2.32. The number of rotatable bonds is 3. The predicted octanol–water partition coefficient (Wildman–Crippen LogP) is 4.19. The Hall–Kier alpha value is -2.37. The first-order valence-corrected chi connectivity index (χ1v) is 7.99. The summed E-state index contributed by atoms with van der Waals surface area (Å²) in [5.74, 6) is -0.294. The summed E-state index contributed by atoms with van der Waals surface area (Å²) in [7, 11) is 0. The van der Waals surface area contributed by atoms with Crippen LogP contribution in [0.2, 0.25) is 5.02 Å². The Balaban J connectivity index is 1.95. The summed E-state index contributed by atoms with van der Waals surface area (Å²) in [6.45, 7) is 3.83. The van der Waals surface area contributed by atoms with Gasteiger partial charge in [0.25, 0.3) is 0 Å². The van der Waals surface area contributed by atoms with E-state index in [1.54, 1.807) is 42.5 Å². The van der Waals surface area contributed by atoms with E-state index in [1.165, 1.54) is 6.08 Å². The topological polar surface area (TPSA) is 61.4 Å². The smallest absolute Gasteiger partial charge is 0.250 e. The maximum atomic E-state index is 11.9. The number of aryl methyl sites for hydroxylation is 2. The molecule has 0 fully saturated rings. The van der Waals surface area contributed by atoms with Gasteiger partial charge in [0.1, 0.15) is 5.75 Å². The minimum Gasteiger partial charge on any atom is -0.506 e. The summed E-state index contributed by atoms with van der Waals surface area (Å²) in [6.07, 6.45) is 3.03. The van der Waals surface area contributed by atoms with Crippen molar-refractivity contribution in [2.45, 2.75) is 13.8 Å². The van der Waals surface area contributed by atoms with Gasteiger partial charge in [0.15, 0.2) is 5.11 Å². The highest BCUT2D eigenvalue weighted by molar-refractivity contribution is 7.80. The molecule has 0 unspecified atom stereocenters. The number of benzene rings is 2. The molecule has 0 aliphatic carbocycles. The van der Waals surface area contributed by atoms with Gasteiger partial charge in [-0.3, -0.25) is 10.1 Å². The lowest BCUT2D eigenvalue weighted by Gasteiger charge is -2.12. The second-order valence-corrected chi connectivity index (χ2v) is 6.13. The number of amides is 1. The first-order valence-electron chi connectivity index (χ1n) is 7.21. The second kappa shape index (κ2) is 7.95. The minimum atomic E-state index is -0.370. The van der Waals surface area contributed by atoms with Crippen molar-refractivity contribution >= 4 is 46.6 Å². The van der Waals surface area contributed by atoms with E-state index in [9.17, 15) is 9.90 Å². The lowest BCUT2D eigenvalue weighted by molar-refractivity contribution is -0.115. The largest absolute Gasteiger partial charge is 0.506 e. The molecule has 3 N–H and O–H groups in total. The first-order chi connectivity index (χ1) is 11.3. The van der Waals surface area contributed by atoms with Crippen molar-refractivity contribution in [1.29, 1.82) is 0 Å². The SMILES string of the molecule is Cc1cc(O)c(NC(=S)NC(=O)C=Cc2ccc(Cl)cc2)cc1C. The molecule has 0 bridgehead atoms. The third kappa shape index (κ3) is 5.08. The fourth-order valence-corrected chi connectivity index (χ4v) is 2.29. The van der Waals surface area contributed by atoms with Crippen LogP contribution in [-0.4, -0.2) is 16.1 Å². The highest BCUT2D eigenvalue weighted by Gasteiger charge is 2.07. The normalized spacial score (nSPS) is 10.6. The van der Waals surface area contributed by atoms with Gasteiger partial charge in [-0.1, -0.05) is 23.7 Å². The molecule has 2 rings (SSSR count). The van der Waals surface area contributed by atoms with Gasteiger partial charge in [-0.25, -0.2) is 0 Å². The Bertz CT molecular complexity index is 801. The van der Waals surface area contributed by atoms with Crippen molar-refractivity contribution in [1.82, 2.24) is 5.32 Å². The van der Waals surface area contributed by atoms with Crippen molar-refractivity contribution in [3.05, 3.63) is 64.2 Å². The Labute approximate surface area is 151 Å². The molecule has 0 aliphatic heterocycles. The van der Waals surface area contributed by atoms with Gasteiger partial charge in [-0.05, 0) is 73.1 Å². The fraction of sp³-hybridized carbons (Fsp3) is 0.111. The molecule has 0 radical (unpaired) electrons. The molecule has 124 valence electrons. The average molecular weight is 361 g/mol.